The lowest BCUT2D eigenvalue weighted by atomic mass is 9.99. The summed E-state index contributed by atoms with van der Waals surface area (Å²) in [6.45, 7) is 0. The highest BCUT2D eigenvalue weighted by Gasteiger charge is 2.22. The zero-order valence-electron chi connectivity index (χ0n) is 29.3. The van der Waals surface area contributed by atoms with E-state index in [4.69, 9.17) is 9.97 Å². The predicted molar refractivity (Wildman–Crippen MR) is 225 cm³/mol. The summed E-state index contributed by atoms with van der Waals surface area (Å²) < 4.78 is 4.71. The number of fused-ring (bicyclic) bond motifs is 8. The topological polar surface area (TPSA) is 35.6 Å². The Labute approximate surface area is 311 Å². The van der Waals surface area contributed by atoms with Gasteiger partial charge in [0.1, 0.15) is 5.65 Å². The number of nitrogens with zero attached hydrogens (tertiary/aromatic N) is 4. The first-order chi connectivity index (χ1) is 26.8. The van der Waals surface area contributed by atoms with E-state index in [1.165, 1.54) is 32.6 Å². The third kappa shape index (κ3) is 4.70. The Bertz CT molecular complexity index is 3180. The van der Waals surface area contributed by atoms with Crippen LogP contribution in [0.2, 0.25) is 0 Å². The second-order valence-corrected chi connectivity index (χ2v) is 13.8. The van der Waals surface area contributed by atoms with Gasteiger partial charge in [0, 0.05) is 44.0 Å². The standard InChI is InChI=1S/C50H32N4/c1-5-16-34(17-6-1)47-46-43-32-37(27-30-45(43)54(39-22-11-4-12-23-39)50(46)52-49(51-47)35-18-7-2-8-19-35)36-26-29-44-42(31-36)41-28-25-33-15-13-14-24-40(33)48(41)53(44)38-20-9-3-10-21-38/h1-32H. The summed E-state index contributed by atoms with van der Waals surface area (Å²) in [4.78, 5) is 10.6. The molecule has 0 unspecified atom stereocenters. The van der Waals surface area contributed by atoms with Crippen LogP contribution in [0.5, 0.6) is 0 Å². The van der Waals surface area contributed by atoms with Gasteiger partial charge in [0.25, 0.3) is 0 Å². The first-order valence-electron chi connectivity index (χ1n) is 18.3. The van der Waals surface area contributed by atoms with Crippen LogP contribution in [-0.4, -0.2) is 19.1 Å². The van der Waals surface area contributed by atoms with Gasteiger partial charge in [-0.15, -0.1) is 0 Å². The first kappa shape index (κ1) is 30.3. The van der Waals surface area contributed by atoms with Gasteiger partial charge in [-0.25, -0.2) is 9.97 Å². The molecule has 0 aliphatic heterocycles. The molecule has 0 aliphatic rings. The minimum absolute atomic E-state index is 0.704. The summed E-state index contributed by atoms with van der Waals surface area (Å²) >= 11 is 0. The van der Waals surface area contributed by atoms with Crippen LogP contribution >= 0.6 is 0 Å². The van der Waals surface area contributed by atoms with Crippen molar-refractivity contribution in [3.8, 4) is 45.1 Å². The van der Waals surface area contributed by atoms with E-state index in [9.17, 15) is 0 Å². The number of rotatable bonds is 5. The molecule has 4 nitrogen and oxygen atoms in total. The van der Waals surface area contributed by atoms with Crippen LogP contribution < -0.4 is 0 Å². The van der Waals surface area contributed by atoms with Crippen LogP contribution in [0.15, 0.2) is 194 Å². The fourth-order valence-electron chi connectivity index (χ4n) is 8.25. The molecule has 0 N–H and O–H groups in total. The highest BCUT2D eigenvalue weighted by molar-refractivity contribution is 6.20. The van der Waals surface area contributed by atoms with Crippen molar-refractivity contribution in [2.75, 3.05) is 0 Å². The molecule has 0 amide bonds. The highest BCUT2D eigenvalue weighted by atomic mass is 15.1. The number of hydrogen-bond donors (Lipinski definition) is 0. The summed E-state index contributed by atoms with van der Waals surface area (Å²) in [5.41, 5.74) is 11.9. The Morgan fingerprint density at radius 3 is 1.59 bits per heavy atom. The molecule has 0 radical (unpaired) electrons. The Kier molecular flexibility index (Phi) is 6.82. The Balaban J connectivity index is 1.20. The lowest BCUT2D eigenvalue weighted by Crippen LogP contribution is -1.99. The fraction of sp³-hybridized carbons (Fsp3) is 0. The van der Waals surface area contributed by atoms with Gasteiger partial charge >= 0.3 is 0 Å². The van der Waals surface area contributed by atoms with E-state index in [-0.39, 0.29) is 0 Å². The van der Waals surface area contributed by atoms with Crippen molar-refractivity contribution in [1.82, 2.24) is 19.1 Å². The van der Waals surface area contributed by atoms with Crippen LogP contribution in [0.1, 0.15) is 0 Å². The van der Waals surface area contributed by atoms with Gasteiger partial charge < -0.3 is 4.57 Å². The maximum absolute atomic E-state index is 5.33. The molecule has 3 aromatic heterocycles. The van der Waals surface area contributed by atoms with Gasteiger partial charge in [0.15, 0.2) is 5.82 Å². The quantitative estimate of drug-likeness (QED) is 0.180. The van der Waals surface area contributed by atoms with E-state index in [1.807, 2.05) is 18.2 Å². The van der Waals surface area contributed by atoms with Crippen molar-refractivity contribution in [3.05, 3.63) is 194 Å². The van der Waals surface area contributed by atoms with Crippen LogP contribution in [0, 0.1) is 0 Å². The smallest absolute Gasteiger partial charge is 0.162 e. The molecule has 0 atom stereocenters. The molecule has 0 saturated heterocycles. The summed E-state index contributed by atoms with van der Waals surface area (Å²) in [6, 6.07) is 69.0. The van der Waals surface area contributed by atoms with Crippen molar-refractivity contribution >= 4 is 54.5 Å². The van der Waals surface area contributed by atoms with E-state index in [0.717, 1.165) is 61.3 Å². The SMILES string of the molecule is c1ccc(-c2nc(-c3ccccc3)c3c4cc(-c5ccc6c(c5)c5ccc7ccccc7c5n6-c5ccccc5)ccc4n(-c4ccccc4)c3n2)cc1. The van der Waals surface area contributed by atoms with E-state index >= 15 is 0 Å². The largest absolute Gasteiger partial charge is 0.309 e. The van der Waals surface area contributed by atoms with Crippen molar-refractivity contribution < 1.29 is 0 Å². The molecule has 252 valence electrons. The highest BCUT2D eigenvalue weighted by Crippen LogP contribution is 2.42. The first-order valence-corrected chi connectivity index (χ1v) is 18.3. The maximum Gasteiger partial charge on any atom is 0.162 e. The molecular formula is C50H32N4. The van der Waals surface area contributed by atoms with E-state index < -0.39 is 0 Å². The fourth-order valence-corrected chi connectivity index (χ4v) is 8.25. The monoisotopic (exact) mass is 688 g/mol. The summed E-state index contributed by atoms with van der Waals surface area (Å²) in [5.74, 6) is 0.704. The molecule has 11 aromatic rings. The second-order valence-electron chi connectivity index (χ2n) is 13.8. The third-order valence-electron chi connectivity index (χ3n) is 10.7. The molecule has 0 bridgehead atoms. The van der Waals surface area contributed by atoms with Gasteiger partial charge in [0.05, 0.1) is 27.6 Å². The number of benzene rings is 8. The molecule has 8 aromatic carbocycles. The van der Waals surface area contributed by atoms with Crippen LogP contribution in [-0.2, 0) is 0 Å². The molecule has 3 heterocycles. The predicted octanol–water partition coefficient (Wildman–Crippen LogP) is 12.8. The Hall–Kier alpha value is -7.30. The summed E-state index contributed by atoms with van der Waals surface area (Å²) in [5, 5.41) is 7.10. The van der Waals surface area contributed by atoms with Crippen molar-refractivity contribution in [2.45, 2.75) is 0 Å². The molecule has 0 fully saturated rings. The van der Waals surface area contributed by atoms with Gasteiger partial charge in [0.2, 0.25) is 0 Å². The second kappa shape index (κ2) is 12.1. The van der Waals surface area contributed by atoms with Gasteiger partial charge in [-0.05, 0) is 65.0 Å². The van der Waals surface area contributed by atoms with Crippen LogP contribution in [0.25, 0.3) is 99.7 Å². The average molecular weight is 689 g/mol. The van der Waals surface area contributed by atoms with Crippen LogP contribution in [0.3, 0.4) is 0 Å². The minimum atomic E-state index is 0.704. The van der Waals surface area contributed by atoms with Crippen molar-refractivity contribution in [1.29, 1.82) is 0 Å². The van der Waals surface area contributed by atoms with Crippen molar-refractivity contribution in [3.63, 3.8) is 0 Å². The van der Waals surface area contributed by atoms with E-state index in [1.54, 1.807) is 0 Å². The number of para-hydroxylation sites is 2. The minimum Gasteiger partial charge on any atom is -0.309 e. The Morgan fingerprint density at radius 1 is 0.352 bits per heavy atom. The van der Waals surface area contributed by atoms with E-state index in [2.05, 4.69) is 185 Å². The Morgan fingerprint density at radius 2 is 0.907 bits per heavy atom. The normalized spacial score (nSPS) is 11.7. The lowest BCUT2D eigenvalue weighted by Gasteiger charge is -2.10. The average Bonchev–Trinajstić information content (AvgIpc) is 3.77. The number of aromatic nitrogens is 4. The molecule has 0 saturated carbocycles. The van der Waals surface area contributed by atoms with Gasteiger partial charge in [-0.1, -0.05) is 146 Å². The molecule has 4 heteroatoms. The molecule has 11 rings (SSSR count). The summed E-state index contributed by atoms with van der Waals surface area (Å²) in [7, 11) is 0. The zero-order chi connectivity index (χ0) is 35.6. The van der Waals surface area contributed by atoms with Crippen molar-refractivity contribution in [2.24, 2.45) is 0 Å². The van der Waals surface area contributed by atoms with Crippen LogP contribution in [0.4, 0.5) is 0 Å². The third-order valence-corrected chi connectivity index (χ3v) is 10.7. The van der Waals surface area contributed by atoms with Gasteiger partial charge in [-0.3, -0.25) is 4.57 Å². The summed E-state index contributed by atoms with van der Waals surface area (Å²) in [6.07, 6.45) is 0. The molecule has 54 heavy (non-hydrogen) atoms. The van der Waals surface area contributed by atoms with E-state index in [0.29, 0.717) is 5.82 Å². The molecule has 0 aliphatic carbocycles. The van der Waals surface area contributed by atoms with Gasteiger partial charge in [-0.2, -0.15) is 0 Å². The lowest BCUT2D eigenvalue weighted by molar-refractivity contribution is 1.11. The number of hydrogen-bond acceptors (Lipinski definition) is 2. The molecule has 0 spiro atoms. The zero-order valence-corrected chi connectivity index (χ0v) is 29.3. The molecular weight excluding hydrogens is 657 g/mol. The maximum atomic E-state index is 5.33.